The van der Waals surface area contributed by atoms with E-state index in [2.05, 4.69) is 31.0 Å². The Morgan fingerprint density at radius 2 is 2.12 bits per heavy atom. The summed E-state index contributed by atoms with van der Waals surface area (Å²) in [5, 5.41) is 2.11. The first-order valence-corrected chi connectivity index (χ1v) is 10.1. The second-order valence-corrected chi connectivity index (χ2v) is 7.41. The van der Waals surface area contributed by atoms with Gasteiger partial charge in [-0.2, -0.15) is 0 Å². The van der Waals surface area contributed by atoms with Crippen molar-refractivity contribution in [2.75, 3.05) is 26.2 Å². The minimum absolute atomic E-state index is 0.481. The van der Waals surface area contributed by atoms with Gasteiger partial charge in [0.1, 0.15) is 18.2 Å². The van der Waals surface area contributed by atoms with Crippen LogP contribution in [0.1, 0.15) is 30.3 Å². The van der Waals surface area contributed by atoms with Crippen LogP contribution in [0.2, 0.25) is 0 Å². The topological polar surface area (TPSA) is 43.2 Å². The number of piperidine rings is 1. The Labute approximate surface area is 158 Å². The molecule has 0 saturated carbocycles. The van der Waals surface area contributed by atoms with Crippen molar-refractivity contribution in [3.05, 3.63) is 65.1 Å². The van der Waals surface area contributed by atoms with Crippen molar-refractivity contribution >= 4 is 11.3 Å². The molecule has 3 aromatic rings. The fourth-order valence-electron chi connectivity index (χ4n) is 3.58. The first-order chi connectivity index (χ1) is 12.9. The van der Waals surface area contributed by atoms with Crippen molar-refractivity contribution in [2.45, 2.75) is 25.3 Å². The number of hydrogen-bond donors (Lipinski definition) is 0. The summed E-state index contributed by atoms with van der Waals surface area (Å²) < 4.78 is 8.11. The fourth-order valence-corrected chi connectivity index (χ4v) is 4.13. The standard InChI is InChI=1S/C20H24N4OS/c1-2-6-19(7-3-1)25-12-11-23-9-4-5-17(13-23)20-21-8-10-24(20)14-18-15-26-16-22-18/h1-3,6-8,10,15-17H,4-5,9,11-14H2/t17-/m1/s1. The van der Waals surface area contributed by atoms with Crippen molar-refractivity contribution in [3.63, 3.8) is 0 Å². The van der Waals surface area contributed by atoms with Crippen molar-refractivity contribution in [1.29, 1.82) is 0 Å². The highest BCUT2D eigenvalue weighted by Gasteiger charge is 2.24. The molecule has 1 atom stereocenters. The van der Waals surface area contributed by atoms with E-state index in [9.17, 15) is 0 Å². The molecule has 0 radical (unpaired) electrons. The van der Waals surface area contributed by atoms with E-state index < -0.39 is 0 Å². The van der Waals surface area contributed by atoms with Gasteiger partial charge in [0.05, 0.1) is 17.7 Å². The van der Waals surface area contributed by atoms with Gasteiger partial charge in [-0.1, -0.05) is 18.2 Å². The second-order valence-electron chi connectivity index (χ2n) is 6.69. The quantitative estimate of drug-likeness (QED) is 0.638. The molecule has 0 N–H and O–H groups in total. The molecule has 1 saturated heterocycles. The van der Waals surface area contributed by atoms with Crippen LogP contribution in [0.5, 0.6) is 5.75 Å². The van der Waals surface area contributed by atoms with Gasteiger partial charge in [-0.25, -0.2) is 9.97 Å². The van der Waals surface area contributed by atoms with E-state index in [0.29, 0.717) is 5.92 Å². The van der Waals surface area contributed by atoms with Gasteiger partial charge in [-0.05, 0) is 31.5 Å². The molecule has 1 aliphatic rings. The van der Waals surface area contributed by atoms with E-state index in [4.69, 9.17) is 4.74 Å². The van der Waals surface area contributed by atoms with E-state index in [1.807, 2.05) is 42.0 Å². The maximum absolute atomic E-state index is 5.86. The molecular weight excluding hydrogens is 344 g/mol. The largest absolute Gasteiger partial charge is 0.492 e. The Morgan fingerprint density at radius 1 is 1.19 bits per heavy atom. The normalized spacial score (nSPS) is 18.1. The van der Waals surface area contributed by atoms with E-state index in [1.165, 1.54) is 18.7 Å². The summed E-state index contributed by atoms with van der Waals surface area (Å²) in [6.45, 7) is 4.68. The van der Waals surface area contributed by atoms with Gasteiger partial charge >= 0.3 is 0 Å². The Morgan fingerprint density at radius 3 is 2.96 bits per heavy atom. The lowest BCUT2D eigenvalue weighted by molar-refractivity contribution is 0.167. The van der Waals surface area contributed by atoms with E-state index >= 15 is 0 Å². The Hall–Kier alpha value is -2.18. The van der Waals surface area contributed by atoms with Crippen molar-refractivity contribution < 1.29 is 4.74 Å². The number of imidazole rings is 1. The molecule has 0 bridgehead atoms. The molecule has 2 aromatic heterocycles. The van der Waals surface area contributed by atoms with Gasteiger partial charge < -0.3 is 9.30 Å². The summed E-state index contributed by atoms with van der Waals surface area (Å²) in [6, 6.07) is 10.0. The molecule has 1 fully saturated rings. The van der Waals surface area contributed by atoms with Crippen LogP contribution < -0.4 is 4.74 Å². The van der Waals surface area contributed by atoms with Crippen molar-refractivity contribution in [2.24, 2.45) is 0 Å². The second kappa shape index (κ2) is 8.47. The number of aromatic nitrogens is 3. The minimum Gasteiger partial charge on any atom is -0.492 e. The molecule has 26 heavy (non-hydrogen) atoms. The first kappa shape index (κ1) is 17.2. The number of likely N-dealkylation sites (tertiary alicyclic amines) is 1. The number of para-hydroxylation sites is 1. The first-order valence-electron chi connectivity index (χ1n) is 9.17. The van der Waals surface area contributed by atoms with Crippen LogP contribution in [0.4, 0.5) is 0 Å². The van der Waals surface area contributed by atoms with Gasteiger partial charge in [0.25, 0.3) is 0 Å². The maximum atomic E-state index is 5.86. The number of benzene rings is 1. The summed E-state index contributed by atoms with van der Waals surface area (Å²) in [7, 11) is 0. The zero-order valence-electron chi connectivity index (χ0n) is 14.8. The lowest BCUT2D eigenvalue weighted by atomic mass is 9.97. The number of rotatable bonds is 7. The van der Waals surface area contributed by atoms with Gasteiger partial charge in [0.2, 0.25) is 0 Å². The minimum atomic E-state index is 0.481. The molecule has 0 spiro atoms. The van der Waals surface area contributed by atoms with Crippen molar-refractivity contribution in [3.8, 4) is 5.75 Å². The molecule has 0 unspecified atom stereocenters. The van der Waals surface area contributed by atoms with Crippen LogP contribution in [-0.4, -0.2) is 45.7 Å². The van der Waals surface area contributed by atoms with Crippen LogP contribution in [0.25, 0.3) is 0 Å². The van der Waals surface area contributed by atoms with Crippen LogP contribution in [0, 0.1) is 0 Å². The molecule has 1 aromatic carbocycles. The highest BCUT2D eigenvalue weighted by atomic mass is 32.1. The summed E-state index contributed by atoms with van der Waals surface area (Å²) in [6.07, 6.45) is 6.40. The summed E-state index contributed by atoms with van der Waals surface area (Å²) in [4.78, 5) is 11.6. The highest BCUT2D eigenvalue weighted by molar-refractivity contribution is 7.07. The molecular formula is C20H24N4OS. The van der Waals surface area contributed by atoms with Crippen LogP contribution >= 0.6 is 11.3 Å². The van der Waals surface area contributed by atoms with E-state index in [-0.39, 0.29) is 0 Å². The third-order valence-electron chi connectivity index (χ3n) is 4.85. The highest BCUT2D eigenvalue weighted by Crippen LogP contribution is 2.26. The lowest BCUT2D eigenvalue weighted by Crippen LogP contribution is -2.37. The van der Waals surface area contributed by atoms with Gasteiger partial charge in [-0.15, -0.1) is 11.3 Å². The smallest absolute Gasteiger partial charge is 0.119 e. The molecule has 4 rings (SSSR count). The summed E-state index contributed by atoms with van der Waals surface area (Å²) in [5.41, 5.74) is 3.00. The predicted molar refractivity (Wildman–Crippen MR) is 104 cm³/mol. The maximum Gasteiger partial charge on any atom is 0.119 e. The zero-order chi connectivity index (χ0) is 17.6. The number of nitrogens with zero attached hydrogens (tertiary/aromatic N) is 4. The SMILES string of the molecule is c1ccc(OCCN2CCC[C@@H](c3nccn3Cc3cscn3)C2)cc1. The number of ether oxygens (including phenoxy) is 1. The monoisotopic (exact) mass is 368 g/mol. The third-order valence-corrected chi connectivity index (χ3v) is 5.49. The lowest BCUT2D eigenvalue weighted by Gasteiger charge is -2.32. The van der Waals surface area contributed by atoms with Gasteiger partial charge in [-0.3, -0.25) is 4.90 Å². The summed E-state index contributed by atoms with van der Waals surface area (Å²) >= 11 is 1.64. The van der Waals surface area contributed by atoms with Crippen LogP contribution in [-0.2, 0) is 6.54 Å². The summed E-state index contributed by atoms with van der Waals surface area (Å²) in [5.74, 6) is 2.61. The predicted octanol–water partition coefficient (Wildman–Crippen LogP) is 3.65. The zero-order valence-corrected chi connectivity index (χ0v) is 15.6. The average molecular weight is 369 g/mol. The molecule has 1 aliphatic heterocycles. The van der Waals surface area contributed by atoms with E-state index in [1.54, 1.807) is 11.3 Å². The average Bonchev–Trinajstić information content (AvgIpc) is 3.35. The fraction of sp³-hybridized carbons (Fsp3) is 0.400. The third kappa shape index (κ3) is 4.31. The van der Waals surface area contributed by atoms with Gasteiger partial charge in [0, 0.05) is 36.8 Å². The Bertz CT molecular complexity index is 787. The van der Waals surface area contributed by atoms with E-state index in [0.717, 1.165) is 44.2 Å². The Balaban J connectivity index is 1.33. The molecule has 136 valence electrons. The van der Waals surface area contributed by atoms with Crippen molar-refractivity contribution in [1.82, 2.24) is 19.4 Å². The molecule has 3 heterocycles. The molecule has 0 amide bonds. The number of hydrogen-bond acceptors (Lipinski definition) is 5. The molecule has 5 nitrogen and oxygen atoms in total. The Kier molecular flexibility index (Phi) is 5.62. The number of thiazole rings is 1. The molecule has 0 aliphatic carbocycles. The van der Waals surface area contributed by atoms with Crippen LogP contribution in [0.3, 0.4) is 0 Å². The van der Waals surface area contributed by atoms with Gasteiger partial charge in [0.15, 0.2) is 0 Å². The molecule has 6 heteroatoms. The van der Waals surface area contributed by atoms with Crippen LogP contribution in [0.15, 0.2) is 53.6 Å².